The first-order valence-corrected chi connectivity index (χ1v) is 7.14. The minimum absolute atomic E-state index is 0.125. The van der Waals surface area contributed by atoms with Crippen molar-refractivity contribution in [1.29, 1.82) is 0 Å². The molecule has 120 valence electrons. The number of nitrogens with two attached hydrogens (primary N) is 1. The van der Waals surface area contributed by atoms with Gasteiger partial charge in [0.25, 0.3) is 5.91 Å². The largest absolute Gasteiger partial charge is 0.497 e. The number of carbonyl (C=O) groups excluding carboxylic acids is 1. The van der Waals surface area contributed by atoms with Crippen molar-refractivity contribution in [2.45, 2.75) is 6.54 Å². The van der Waals surface area contributed by atoms with Crippen LogP contribution in [-0.4, -0.2) is 26.0 Å². The Bertz CT molecular complexity index is 696. The quantitative estimate of drug-likeness (QED) is 0.582. The third-order valence-electron chi connectivity index (χ3n) is 3.21. The molecule has 0 aliphatic rings. The highest BCUT2D eigenvalue weighted by Gasteiger charge is 2.03. The summed E-state index contributed by atoms with van der Waals surface area (Å²) in [7, 11) is 3.22. The average molecular weight is 312 g/mol. The molecule has 0 aromatic heterocycles. The zero-order valence-corrected chi connectivity index (χ0v) is 13.2. The summed E-state index contributed by atoms with van der Waals surface area (Å²) in [6, 6.07) is 14.7. The van der Waals surface area contributed by atoms with E-state index in [9.17, 15) is 4.79 Å². The van der Waals surface area contributed by atoms with Gasteiger partial charge in [0.1, 0.15) is 5.75 Å². The van der Waals surface area contributed by atoms with Crippen LogP contribution in [0, 0.1) is 0 Å². The van der Waals surface area contributed by atoms with Crippen molar-refractivity contribution >= 4 is 17.6 Å². The van der Waals surface area contributed by atoms with Gasteiger partial charge < -0.3 is 21.1 Å². The van der Waals surface area contributed by atoms with Crippen LogP contribution in [0.2, 0.25) is 0 Å². The van der Waals surface area contributed by atoms with E-state index >= 15 is 0 Å². The molecule has 0 saturated heterocycles. The van der Waals surface area contributed by atoms with Gasteiger partial charge in [-0.15, -0.1) is 0 Å². The number of guanidine groups is 1. The molecule has 0 heterocycles. The van der Waals surface area contributed by atoms with Gasteiger partial charge in [0, 0.05) is 18.3 Å². The Hall–Kier alpha value is -3.02. The maximum atomic E-state index is 11.6. The third-order valence-corrected chi connectivity index (χ3v) is 3.21. The van der Waals surface area contributed by atoms with Gasteiger partial charge >= 0.3 is 0 Å². The number of ether oxygens (including phenoxy) is 1. The maximum Gasteiger partial charge on any atom is 0.251 e. The molecule has 2 rings (SSSR count). The van der Waals surface area contributed by atoms with Crippen LogP contribution in [-0.2, 0) is 6.54 Å². The Kier molecular flexibility index (Phi) is 5.57. The fourth-order valence-corrected chi connectivity index (χ4v) is 1.99. The van der Waals surface area contributed by atoms with E-state index in [0.717, 1.165) is 17.0 Å². The van der Waals surface area contributed by atoms with Gasteiger partial charge in [-0.05, 0) is 42.0 Å². The lowest BCUT2D eigenvalue weighted by Crippen LogP contribution is -2.22. The molecule has 0 radical (unpaired) electrons. The van der Waals surface area contributed by atoms with Gasteiger partial charge in [-0.3, -0.25) is 4.79 Å². The number of hydrogen-bond acceptors (Lipinski definition) is 3. The van der Waals surface area contributed by atoms with Gasteiger partial charge in [-0.2, -0.15) is 0 Å². The van der Waals surface area contributed by atoms with Crippen molar-refractivity contribution in [1.82, 2.24) is 5.32 Å². The molecule has 1 amide bonds. The van der Waals surface area contributed by atoms with E-state index in [1.54, 1.807) is 26.3 Å². The highest BCUT2D eigenvalue weighted by atomic mass is 16.5. The lowest BCUT2D eigenvalue weighted by molar-refractivity contribution is 0.0963. The average Bonchev–Trinajstić information content (AvgIpc) is 2.60. The van der Waals surface area contributed by atoms with Crippen LogP contribution in [0.1, 0.15) is 15.9 Å². The second kappa shape index (κ2) is 7.84. The molecule has 0 bridgehead atoms. The van der Waals surface area contributed by atoms with Crippen molar-refractivity contribution in [2.75, 3.05) is 19.5 Å². The number of amides is 1. The summed E-state index contributed by atoms with van der Waals surface area (Å²) >= 11 is 0. The molecule has 0 aliphatic heterocycles. The number of rotatable bonds is 5. The number of hydrogen-bond donors (Lipinski definition) is 3. The molecule has 0 aliphatic carbocycles. The topological polar surface area (TPSA) is 88.7 Å². The summed E-state index contributed by atoms with van der Waals surface area (Å²) in [5, 5.41) is 5.60. The number of nitrogens with zero attached hydrogens (tertiary/aromatic N) is 1. The lowest BCUT2D eigenvalue weighted by Gasteiger charge is -2.07. The first-order chi connectivity index (χ1) is 11.1. The van der Waals surface area contributed by atoms with Crippen molar-refractivity contribution in [3.05, 3.63) is 59.7 Å². The Morgan fingerprint density at radius 2 is 1.96 bits per heavy atom. The van der Waals surface area contributed by atoms with E-state index in [-0.39, 0.29) is 5.91 Å². The van der Waals surface area contributed by atoms with Crippen LogP contribution >= 0.6 is 0 Å². The minimum atomic E-state index is -0.125. The molecule has 0 unspecified atom stereocenters. The second-order valence-electron chi connectivity index (χ2n) is 4.83. The summed E-state index contributed by atoms with van der Waals surface area (Å²) in [5.74, 6) is 0.956. The molecular weight excluding hydrogens is 292 g/mol. The lowest BCUT2D eigenvalue weighted by atomic mass is 10.1. The summed E-state index contributed by atoms with van der Waals surface area (Å²) in [5.41, 5.74) is 8.21. The number of anilines is 1. The maximum absolute atomic E-state index is 11.6. The molecule has 0 saturated carbocycles. The highest BCUT2D eigenvalue weighted by molar-refractivity contribution is 5.94. The van der Waals surface area contributed by atoms with Crippen molar-refractivity contribution in [3.63, 3.8) is 0 Å². The second-order valence-corrected chi connectivity index (χ2v) is 4.83. The van der Waals surface area contributed by atoms with E-state index in [0.29, 0.717) is 18.1 Å². The molecule has 23 heavy (non-hydrogen) atoms. The van der Waals surface area contributed by atoms with Gasteiger partial charge in [-0.25, -0.2) is 4.99 Å². The standard InChI is InChI=1S/C17H20N4O2/c1-19-16(22)13-5-3-4-12(10-13)11-20-17(18)21-14-6-8-15(23-2)9-7-14/h3-10H,11H2,1-2H3,(H,19,22)(H3,18,20,21). The zero-order chi connectivity index (χ0) is 16.7. The van der Waals surface area contributed by atoms with E-state index < -0.39 is 0 Å². The smallest absolute Gasteiger partial charge is 0.251 e. The predicted octanol–water partition coefficient (Wildman–Crippen LogP) is 1.98. The molecule has 2 aromatic rings. The molecule has 6 nitrogen and oxygen atoms in total. The number of nitrogens with one attached hydrogen (secondary N) is 2. The number of aliphatic imine (C=N–C) groups is 1. The van der Waals surface area contributed by atoms with E-state index in [4.69, 9.17) is 10.5 Å². The van der Waals surface area contributed by atoms with Crippen LogP contribution in [0.5, 0.6) is 5.75 Å². The summed E-state index contributed by atoms with van der Waals surface area (Å²) in [6.45, 7) is 0.389. The molecule has 6 heteroatoms. The van der Waals surface area contributed by atoms with Gasteiger partial charge in [0.15, 0.2) is 5.96 Å². The molecule has 0 atom stereocenters. The van der Waals surface area contributed by atoms with Crippen molar-refractivity contribution in [3.8, 4) is 5.75 Å². The molecule has 0 spiro atoms. The van der Waals surface area contributed by atoms with Crippen LogP contribution in [0.3, 0.4) is 0 Å². The number of methoxy groups -OCH3 is 1. The van der Waals surface area contributed by atoms with E-state index in [1.807, 2.05) is 36.4 Å². The van der Waals surface area contributed by atoms with Crippen LogP contribution in [0.25, 0.3) is 0 Å². The Balaban J connectivity index is 1.99. The van der Waals surface area contributed by atoms with Crippen molar-refractivity contribution < 1.29 is 9.53 Å². The molecular formula is C17H20N4O2. The fourth-order valence-electron chi connectivity index (χ4n) is 1.99. The zero-order valence-electron chi connectivity index (χ0n) is 13.2. The highest BCUT2D eigenvalue weighted by Crippen LogP contribution is 2.14. The van der Waals surface area contributed by atoms with Crippen LogP contribution < -0.4 is 21.1 Å². The summed E-state index contributed by atoms with van der Waals surface area (Å²) in [6.07, 6.45) is 0. The summed E-state index contributed by atoms with van der Waals surface area (Å²) < 4.78 is 5.10. The monoisotopic (exact) mass is 312 g/mol. The third kappa shape index (κ3) is 4.74. The Morgan fingerprint density at radius 1 is 1.22 bits per heavy atom. The normalized spacial score (nSPS) is 11.0. The van der Waals surface area contributed by atoms with Crippen molar-refractivity contribution in [2.24, 2.45) is 10.7 Å². The molecule has 2 aromatic carbocycles. The first kappa shape index (κ1) is 16.4. The summed E-state index contributed by atoms with van der Waals surface area (Å²) in [4.78, 5) is 15.9. The first-order valence-electron chi connectivity index (χ1n) is 7.14. The van der Waals surface area contributed by atoms with E-state index in [2.05, 4.69) is 15.6 Å². The molecule has 0 fully saturated rings. The fraction of sp³-hybridized carbons (Fsp3) is 0.176. The number of carbonyl (C=O) groups is 1. The van der Waals surface area contributed by atoms with Gasteiger partial charge in [0.05, 0.1) is 13.7 Å². The van der Waals surface area contributed by atoms with Crippen LogP contribution in [0.15, 0.2) is 53.5 Å². The minimum Gasteiger partial charge on any atom is -0.497 e. The molecule has 4 N–H and O–H groups in total. The van der Waals surface area contributed by atoms with Gasteiger partial charge in [-0.1, -0.05) is 12.1 Å². The Labute approximate surface area is 135 Å². The van der Waals surface area contributed by atoms with Crippen LogP contribution in [0.4, 0.5) is 5.69 Å². The van der Waals surface area contributed by atoms with Gasteiger partial charge in [0.2, 0.25) is 0 Å². The Morgan fingerprint density at radius 3 is 2.61 bits per heavy atom. The predicted molar refractivity (Wildman–Crippen MR) is 91.8 cm³/mol. The SMILES string of the molecule is CNC(=O)c1cccc(CN=C(N)Nc2ccc(OC)cc2)c1. The number of benzene rings is 2. The van der Waals surface area contributed by atoms with E-state index in [1.165, 1.54) is 0 Å².